The zero-order valence-corrected chi connectivity index (χ0v) is 10.1. The van der Waals surface area contributed by atoms with Crippen LogP contribution in [0, 0.1) is 0 Å². The number of sulfone groups is 1. The van der Waals surface area contributed by atoms with Gasteiger partial charge in [0.25, 0.3) is 0 Å². The minimum Gasteiger partial charge on any atom is -0.411 e. The van der Waals surface area contributed by atoms with Gasteiger partial charge < -0.3 is 5.21 Å². The van der Waals surface area contributed by atoms with E-state index >= 15 is 0 Å². The first kappa shape index (κ1) is 12.7. The molecule has 0 amide bonds. The number of nitrogens with zero attached hydrogens (tertiary/aromatic N) is 1. The van der Waals surface area contributed by atoms with Gasteiger partial charge in [0.05, 0.1) is 0 Å². The van der Waals surface area contributed by atoms with E-state index in [1.54, 1.807) is 31.2 Å². The molecule has 5 heteroatoms. The van der Waals surface area contributed by atoms with Crippen LogP contribution in [-0.2, 0) is 9.84 Å². The molecule has 0 aliphatic rings. The molecule has 88 valence electrons. The second-order valence-electron chi connectivity index (χ2n) is 3.45. The Kier molecular flexibility index (Phi) is 4.06. The largest absolute Gasteiger partial charge is 0.411 e. The smallest absolute Gasteiger partial charge is 0.158 e. The van der Waals surface area contributed by atoms with Gasteiger partial charge in [-0.05, 0) is 6.92 Å². The van der Waals surface area contributed by atoms with Crippen LogP contribution in [0.3, 0.4) is 0 Å². The van der Waals surface area contributed by atoms with Crippen LogP contribution < -0.4 is 0 Å². The summed E-state index contributed by atoms with van der Waals surface area (Å²) in [5.41, 5.74) is 0.803. The molecule has 1 aromatic carbocycles. The van der Waals surface area contributed by atoms with Crippen LogP contribution in [0.5, 0.6) is 0 Å². The van der Waals surface area contributed by atoms with Gasteiger partial charge in [0.15, 0.2) is 9.84 Å². The van der Waals surface area contributed by atoms with Gasteiger partial charge in [-0.2, -0.15) is 0 Å². The molecule has 0 unspecified atom stereocenters. The van der Waals surface area contributed by atoms with E-state index in [1.165, 1.54) is 6.92 Å². The average Bonchev–Trinajstić information content (AvgIpc) is 2.31. The third-order valence-electron chi connectivity index (χ3n) is 2.50. The van der Waals surface area contributed by atoms with Crippen molar-refractivity contribution < 1.29 is 13.6 Å². The quantitative estimate of drug-likeness (QED) is 0.495. The minimum absolute atomic E-state index is 0.0278. The van der Waals surface area contributed by atoms with Crippen LogP contribution in [-0.4, -0.2) is 30.3 Å². The van der Waals surface area contributed by atoms with Crippen molar-refractivity contribution in [1.29, 1.82) is 0 Å². The third kappa shape index (κ3) is 2.61. The van der Waals surface area contributed by atoms with E-state index in [0.29, 0.717) is 5.56 Å². The maximum atomic E-state index is 11.7. The summed E-state index contributed by atoms with van der Waals surface area (Å²) < 4.78 is 23.4. The Balaban J connectivity index is 3.12. The average molecular weight is 241 g/mol. The zero-order valence-electron chi connectivity index (χ0n) is 9.29. The van der Waals surface area contributed by atoms with E-state index in [9.17, 15) is 8.42 Å². The Bertz CT molecular complexity index is 465. The molecule has 16 heavy (non-hydrogen) atoms. The Hall–Kier alpha value is -1.36. The first-order chi connectivity index (χ1) is 7.53. The van der Waals surface area contributed by atoms with Gasteiger partial charge in [0, 0.05) is 11.3 Å². The Morgan fingerprint density at radius 1 is 1.38 bits per heavy atom. The molecule has 0 heterocycles. The summed E-state index contributed by atoms with van der Waals surface area (Å²) in [5.74, 6) is 0.0278. The van der Waals surface area contributed by atoms with Gasteiger partial charge in [0.1, 0.15) is 11.0 Å². The van der Waals surface area contributed by atoms with Gasteiger partial charge in [-0.1, -0.05) is 42.4 Å². The molecule has 0 aliphatic heterocycles. The maximum Gasteiger partial charge on any atom is 0.158 e. The van der Waals surface area contributed by atoms with E-state index in [2.05, 4.69) is 5.16 Å². The highest BCUT2D eigenvalue weighted by atomic mass is 32.2. The van der Waals surface area contributed by atoms with E-state index in [1.807, 2.05) is 6.07 Å². The van der Waals surface area contributed by atoms with Crippen LogP contribution in [0.25, 0.3) is 0 Å². The maximum absolute atomic E-state index is 11.7. The normalized spacial score (nSPS) is 14.8. The molecule has 0 radical (unpaired) electrons. The predicted octanol–water partition coefficient (Wildman–Crippen LogP) is 1.69. The van der Waals surface area contributed by atoms with E-state index < -0.39 is 15.1 Å². The van der Waals surface area contributed by atoms with Gasteiger partial charge in [0.2, 0.25) is 0 Å². The number of hydrogen-bond donors (Lipinski definition) is 1. The van der Waals surface area contributed by atoms with E-state index in [4.69, 9.17) is 5.21 Å². The molecule has 0 saturated heterocycles. The second kappa shape index (κ2) is 5.12. The van der Waals surface area contributed by atoms with Crippen molar-refractivity contribution in [2.75, 3.05) is 5.75 Å². The van der Waals surface area contributed by atoms with Crippen LogP contribution in [0.4, 0.5) is 0 Å². The summed E-state index contributed by atoms with van der Waals surface area (Å²) in [6.07, 6.45) is 0. The zero-order chi connectivity index (χ0) is 12.2. The first-order valence-corrected chi connectivity index (χ1v) is 6.73. The van der Waals surface area contributed by atoms with Gasteiger partial charge >= 0.3 is 0 Å². The number of benzene rings is 1. The molecular formula is C11H15NO3S. The second-order valence-corrected chi connectivity index (χ2v) is 6.06. The predicted molar refractivity (Wildman–Crippen MR) is 63.7 cm³/mol. The van der Waals surface area contributed by atoms with Crippen molar-refractivity contribution in [2.45, 2.75) is 19.1 Å². The summed E-state index contributed by atoms with van der Waals surface area (Å²) >= 11 is 0. The highest BCUT2D eigenvalue weighted by Gasteiger charge is 2.25. The molecule has 1 N–H and O–H groups in total. The molecular weight excluding hydrogens is 226 g/mol. The summed E-state index contributed by atoms with van der Waals surface area (Å²) in [4.78, 5) is 0. The number of rotatable bonds is 4. The molecule has 1 rings (SSSR count). The highest BCUT2D eigenvalue weighted by molar-refractivity contribution is 7.92. The van der Waals surface area contributed by atoms with Crippen molar-refractivity contribution in [3.8, 4) is 0 Å². The summed E-state index contributed by atoms with van der Waals surface area (Å²) in [5, 5.41) is 11.2. The monoisotopic (exact) mass is 241 g/mol. The molecule has 0 aliphatic carbocycles. The standard InChI is InChI=1S/C11H15NO3S/c1-3-16(14,15)9(2)11(12-13)10-7-5-4-6-8-10/h4-9,13H,3H2,1-2H3/b12-11+/t9-/m1/s1. The van der Waals surface area contributed by atoms with Crippen LogP contribution in [0.2, 0.25) is 0 Å². The molecule has 0 saturated carbocycles. The van der Waals surface area contributed by atoms with E-state index in [0.717, 1.165) is 0 Å². The highest BCUT2D eigenvalue weighted by Crippen LogP contribution is 2.11. The molecule has 1 aromatic rings. The fourth-order valence-electron chi connectivity index (χ4n) is 1.40. The Morgan fingerprint density at radius 2 is 1.94 bits per heavy atom. The fraction of sp³-hybridized carbons (Fsp3) is 0.364. The van der Waals surface area contributed by atoms with Crippen molar-refractivity contribution in [2.24, 2.45) is 5.16 Å². The van der Waals surface area contributed by atoms with Crippen LogP contribution >= 0.6 is 0 Å². The van der Waals surface area contributed by atoms with Gasteiger partial charge in [-0.3, -0.25) is 0 Å². The van der Waals surface area contributed by atoms with Gasteiger partial charge in [-0.25, -0.2) is 8.42 Å². The lowest BCUT2D eigenvalue weighted by atomic mass is 10.1. The lowest BCUT2D eigenvalue weighted by Crippen LogP contribution is -2.29. The molecule has 0 aromatic heterocycles. The summed E-state index contributed by atoms with van der Waals surface area (Å²) in [6.45, 7) is 3.10. The van der Waals surface area contributed by atoms with Crippen LogP contribution in [0.15, 0.2) is 35.5 Å². The summed E-state index contributed by atoms with van der Waals surface area (Å²) in [7, 11) is -3.25. The van der Waals surface area contributed by atoms with Crippen molar-refractivity contribution >= 4 is 15.5 Å². The number of oxime groups is 1. The molecule has 4 nitrogen and oxygen atoms in total. The van der Waals surface area contributed by atoms with E-state index in [-0.39, 0.29) is 11.5 Å². The van der Waals surface area contributed by atoms with Crippen molar-refractivity contribution in [1.82, 2.24) is 0 Å². The Morgan fingerprint density at radius 3 is 2.38 bits per heavy atom. The summed E-state index contributed by atoms with van der Waals surface area (Å²) in [6, 6.07) is 8.79. The SMILES string of the molecule is CCS(=O)(=O)[C@H](C)/C(=N\O)c1ccccc1. The van der Waals surface area contributed by atoms with Crippen LogP contribution in [0.1, 0.15) is 19.4 Å². The molecule has 0 spiro atoms. The fourth-order valence-corrected chi connectivity index (χ4v) is 2.43. The van der Waals surface area contributed by atoms with Crippen molar-refractivity contribution in [3.05, 3.63) is 35.9 Å². The third-order valence-corrected chi connectivity index (χ3v) is 4.61. The topological polar surface area (TPSA) is 66.7 Å². The minimum atomic E-state index is -3.25. The van der Waals surface area contributed by atoms with Crippen molar-refractivity contribution in [3.63, 3.8) is 0 Å². The number of hydrogen-bond acceptors (Lipinski definition) is 4. The lowest BCUT2D eigenvalue weighted by molar-refractivity contribution is 0.318. The van der Waals surface area contributed by atoms with Gasteiger partial charge in [-0.15, -0.1) is 0 Å². The lowest BCUT2D eigenvalue weighted by Gasteiger charge is -2.13. The molecule has 0 fully saturated rings. The molecule has 1 atom stereocenters. The first-order valence-electron chi connectivity index (χ1n) is 5.02. The molecule has 0 bridgehead atoms. The Labute approximate surface area is 95.5 Å².